The molecule has 0 aliphatic rings. The van der Waals surface area contributed by atoms with Crippen molar-refractivity contribution in [2.24, 2.45) is 0 Å². The number of rotatable bonds is 2. The maximum atomic E-state index is 11.1. The number of aryl methyl sites for hydroxylation is 2. The Morgan fingerprint density at radius 1 is 1.47 bits per heavy atom. The fraction of sp³-hybridized carbons (Fsp3) is 0.231. The van der Waals surface area contributed by atoms with E-state index in [0.29, 0.717) is 5.56 Å². The van der Waals surface area contributed by atoms with Crippen molar-refractivity contribution in [3.63, 3.8) is 0 Å². The Labute approximate surface area is 104 Å². The molecule has 0 unspecified atom stereocenters. The summed E-state index contributed by atoms with van der Waals surface area (Å²) in [5.41, 5.74) is 2.64. The second-order valence-corrected chi connectivity index (χ2v) is 4.27. The lowest BCUT2D eigenvalue weighted by Gasteiger charge is -2.08. The van der Waals surface area contributed by atoms with Crippen LogP contribution in [0, 0.1) is 6.92 Å². The maximum absolute atomic E-state index is 11.1. The quantitative estimate of drug-likeness (QED) is 0.830. The van der Waals surface area contributed by atoms with Crippen LogP contribution in [0.25, 0.3) is 10.9 Å². The van der Waals surface area contributed by atoms with Gasteiger partial charge >= 0.3 is 5.97 Å². The molecule has 0 saturated heterocycles. The van der Waals surface area contributed by atoms with E-state index >= 15 is 0 Å². The standard InChI is InChI=1S/C13H12ClNO2/c1-3-8-4-5-10-9(6-8)7(2)11(13(16)17)12(14)15-10/h4-6H,3H2,1-2H3,(H,16,17). The molecule has 0 fully saturated rings. The van der Waals surface area contributed by atoms with Crippen LogP contribution in [0.15, 0.2) is 18.2 Å². The number of carbonyl (C=O) groups is 1. The molecule has 0 atom stereocenters. The minimum atomic E-state index is -1.04. The van der Waals surface area contributed by atoms with E-state index in [0.717, 1.165) is 22.9 Å². The molecule has 2 rings (SSSR count). The number of hydrogen-bond acceptors (Lipinski definition) is 2. The molecule has 1 aromatic carbocycles. The normalized spacial score (nSPS) is 10.8. The van der Waals surface area contributed by atoms with Gasteiger partial charge in [0, 0.05) is 5.39 Å². The summed E-state index contributed by atoms with van der Waals surface area (Å²) in [6.45, 7) is 3.82. The summed E-state index contributed by atoms with van der Waals surface area (Å²) in [4.78, 5) is 15.2. The van der Waals surface area contributed by atoms with Crippen LogP contribution < -0.4 is 0 Å². The van der Waals surface area contributed by atoms with Crippen LogP contribution in [0.5, 0.6) is 0 Å². The number of hydrogen-bond donors (Lipinski definition) is 1. The Morgan fingerprint density at radius 2 is 2.18 bits per heavy atom. The molecule has 4 heteroatoms. The van der Waals surface area contributed by atoms with Crippen molar-refractivity contribution in [2.75, 3.05) is 0 Å². The molecular weight excluding hydrogens is 238 g/mol. The van der Waals surface area contributed by atoms with Gasteiger partial charge in [0.25, 0.3) is 0 Å². The minimum Gasteiger partial charge on any atom is -0.478 e. The summed E-state index contributed by atoms with van der Waals surface area (Å²) in [6.07, 6.45) is 0.903. The number of aromatic nitrogens is 1. The van der Waals surface area contributed by atoms with Gasteiger partial charge in [-0.05, 0) is 36.6 Å². The molecule has 0 spiro atoms. The first-order valence-electron chi connectivity index (χ1n) is 5.36. The molecule has 1 aromatic heterocycles. The lowest BCUT2D eigenvalue weighted by Crippen LogP contribution is -2.03. The molecule has 17 heavy (non-hydrogen) atoms. The highest BCUT2D eigenvalue weighted by Gasteiger charge is 2.16. The first kappa shape index (κ1) is 11.9. The van der Waals surface area contributed by atoms with Gasteiger partial charge in [-0.25, -0.2) is 9.78 Å². The Hall–Kier alpha value is -1.61. The minimum absolute atomic E-state index is 0.0479. The molecule has 1 heterocycles. The molecule has 0 aliphatic heterocycles. The Bertz CT molecular complexity index is 608. The number of pyridine rings is 1. The van der Waals surface area contributed by atoms with E-state index in [1.807, 2.05) is 18.2 Å². The van der Waals surface area contributed by atoms with E-state index in [1.54, 1.807) is 6.92 Å². The summed E-state index contributed by atoms with van der Waals surface area (Å²) >= 11 is 5.89. The predicted octanol–water partition coefficient (Wildman–Crippen LogP) is 3.46. The predicted molar refractivity (Wildman–Crippen MR) is 67.8 cm³/mol. The van der Waals surface area contributed by atoms with Crippen LogP contribution in [-0.2, 0) is 6.42 Å². The average molecular weight is 250 g/mol. The second-order valence-electron chi connectivity index (χ2n) is 3.91. The highest BCUT2D eigenvalue weighted by molar-refractivity contribution is 6.33. The van der Waals surface area contributed by atoms with E-state index in [4.69, 9.17) is 16.7 Å². The van der Waals surface area contributed by atoms with Crippen LogP contribution in [-0.4, -0.2) is 16.1 Å². The third kappa shape index (κ3) is 1.98. The van der Waals surface area contributed by atoms with Gasteiger partial charge in [-0.15, -0.1) is 0 Å². The first-order valence-corrected chi connectivity index (χ1v) is 5.74. The number of fused-ring (bicyclic) bond motifs is 1. The van der Waals surface area contributed by atoms with E-state index in [9.17, 15) is 4.79 Å². The Kier molecular flexibility index (Phi) is 3.03. The van der Waals surface area contributed by atoms with Crippen molar-refractivity contribution in [1.82, 2.24) is 4.98 Å². The monoisotopic (exact) mass is 249 g/mol. The smallest absolute Gasteiger partial charge is 0.339 e. The third-order valence-electron chi connectivity index (χ3n) is 2.89. The van der Waals surface area contributed by atoms with E-state index < -0.39 is 5.97 Å². The van der Waals surface area contributed by atoms with Crippen LogP contribution in [0.4, 0.5) is 0 Å². The fourth-order valence-corrected chi connectivity index (χ4v) is 2.21. The summed E-state index contributed by atoms with van der Waals surface area (Å²) in [5.74, 6) is -1.04. The van der Waals surface area contributed by atoms with Gasteiger partial charge in [-0.1, -0.05) is 24.6 Å². The largest absolute Gasteiger partial charge is 0.478 e. The number of aromatic carboxylic acids is 1. The third-order valence-corrected chi connectivity index (χ3v) is 3.16. The highest BCUT2D eigenvalue weighted by atomic mass is 35.5. The van der Waals surface area contributed by atoms with E-state index in [-0.39, 0.29) is 10.7 Å². The topological polar surface area (TPSA) is 50.2 Å². The molecule has 0 bridgehead atoms. The van der Waals surface area contributed by atoms with Gasteiger partial charge in [0.2, 0.25) is 0 Å². The second kappa shape index (κ2) is 4.34. The fourth-order valence-electron chi connectivity index (χ4n) is 1.90. The number of carboxylic acid groups (broad SMARTS) is 1. The molecule has 0 radical (unpaired) electrons. The number of benzene rings is 1. The van der Waals surface area contributed by atoms with Crippen LogP contribution in [0.2, 0.25) is 5.15 Å². The lowest BCUT2D eigenvalue weighted by molar-refractivity contribution is 0.0696. The van der Waals surface area contributed by atoms with Crippen molar-refractivity contribution in [1.29, 1.82) is 0 Å². The zero-order valence-electron chi connectivity index (χ0n) is 9.62. The van der Waals surface area contributed by atoms with E-state index in [1.165, 1.54) is 0 Å². The van der Waals surface area contributed by atoms with Gasteiger partial charge in [0.1, 0.15) is 10.7 Å². The summed E-state index contributed by atoms with van der Waals surface area (Å²) < 4.78 is 0. The molecule has 0 aliphatic carbocycles. The molecule has 3 nitrogen and oxygen atoms in total. The summed E-state index contributed by atoms with van der Waals surface area (Å²) in [6, 6.07) is 5.82. The maximum Gasteiger partial charge on any atom is 0.339 e. The molecule has 1 N–H and O–H groups in total. The zero-order valence-corrected chi connectivity index (χ0v) is 10.4. The molecule has 0 saturated carbocycles. The van der Waals surface area contributed by atoms with Crippen LogP contribution in [0.3, 0.4) is 0 Å². The van der Waals surface area contributed by atoms with Crippen LogP contribution >= 0.6 is 11.6 Å². The lowest BCUT2D eigenvalue weighted by atomic mass is 10.0. The summed E-state index contributed by atoms with van der Waals surface area (Å²) in [7, 11) is 0. The Morgan fingerprint density at radius 3 is 2.76 bits per heavy atom. The van der Waals surface area contributed by atoms with Crippen molar-refractivity contribution in [3.05, 3.63) is 40.0 Å². The van der Waals surface area contributed by atoms with E-state index in [2.05, 4.69) is 11.9 Å². The number of carboxylic acids is 1. The van der Waals surface area contributed by atoms with Crippen molar-refractivity contribution in [3.8, 4) is 0 Å². The summed E-state index contributed by atoms with van der Waals surface area (Å²) in [5, 5.41) is 10.0. The Balaban J connectivity index is 2.83. The van der Waals surface area contributed by atoms with Crippen molar-refractivity contribution >= 4 is 28.5 Å². The highest BCUT2D eigenvalue weighted by Crippen LogP contribution is 2.26. The van der Waals surface area contributed by atoms with Gasteiger partial charge in [0.15, 0.2) is 0 Å². The first-order chi connectivity index (χ1) is 8.04. The molecule has 88 valence electrons. The van der Waals surface area contributed by atoms with Crippen LogP contribution in [0.1, 0.15) is 28.4 Å². The SMILES string of the molecule is CCc1ccc2nc(Cl)c(C(=O)O)c(C)c2c1. The van der Waals surface area contributed by atoms with Crippen molar-refractivity contribution in [2.45, 2.75) is 20.3 Å². The van der Waals surface area contributed by atoms with Gasteiger partial charge < -0.3 is 5.11 Å². The van der Waals surface area contributed by atoms with Crippen molar-refractivity contribution < 1.29 is 9.90 Å². The molecular formula is C13H12ClNO2. The zero-order chi connectivity index (χ0) is 12.6. The molecule has 0 amide bonds. The number of nitrogens with zero attached hydrogens (tertiary/aromatic N) is 1. The number of halogens is 1. The average Bonchev–Trinajstić information content (AvgIpc) is 2.28. The van der Waals surface area contributed by atoms with Gasteiger partial charge in [-0.2, -0.15) is 0 Å². The van der Waals surface area contributed by atoms with Gasteiger partial charge in [-0.3, -0.25) is 0 Å². The molecule has 2 aromatic rings. The van der Waals surface area contributed by atoms with Gasteiger partial charge in [0.05, 0.1) is 5.52 Å².